The third-order valence-corrected chi connectivity index (χ3v) is 6.38. The fourth-order valence-corrected chi connectivity index (χ4v) is 4.65. The van der Waals surface area contributed by atoms with Crippen molar-refractivity contribution >= 4 is 0 Å². The molecule has 0 amide bonds. The zero-order chi connectivity index (χ0) is 13.2. The van der Waals surface area contributed by atoms with Gasteiger partial charge in [-0.3, -0.25) is 0 Å². The summed E-state index contributed by atoms with van der Waals surface area (Å²) in [6.45, 7) is 9.48. The summed E-state index contributed by atoms with van der Waals surface area (Å²) in [5.74, 6) is 1.56. The SMILES string of the molecule is CO[C@]1(C)CC[C@@H]2O[C@]2(C)CC[C@H]2[C@@H]1CC2(C)C. The van der Waals surface area contributed by atoms with Crippen LogP contribution in [0.2, 0.25) is 0 Å². The van der Waals surface area contributed by atoms with Crippen LogP contribution in [0.4, 0.5) is 0 Å². The Bertz CT molecular complexity index is 351. The lowest BCUT2D eigenvalue weighted by molar-refractivity contribution is -0.160. The first-order valence-electron chi connectivity index (χ1n) is 7.54. The van der Waals surface area contributed by atoms with E-state index in [9.17, 15) is 0 Å². The second-order valence-electron chi connectivity index (χ2n) is 7.92. The Kier molecular flexibility index (Phi) is 2.68. The van der Waals surface area contributed by atoms with Gasteiger partial charge in [0.1, 0.15) is 0 Å². The fraction of sp³-hybridized carbons (Fsp3) is 1.00. The van der Waals surface area contributed by atoms with Crippen LogP contribution in [0.1, 0.15) is 59.8 Å². The average molecular weight is 252 g/mol. The van der Waals surface area contributed by atoms with Crippen molar-refractivity contribution in [2.24, 2.45) is 17.3 Å². The van der Waals surface area contributed by atoms with E-state index < -0.39 is 0 Å². The molecule has 0 radical (unpaired) electrons. The molecular formula is C16H28O2. The van der Waals surface area contributed by atoms with Crippen molar-refractivity contribution in [1.82, 2.24) is 0 Å². The van der Waals surface area contributed by atoms with Crippen LogP contribution >= 0.6 is 0 Å². The molecule has 0 spiro atoms. The minimum Gasteiger partial charge on any atom is -0.378 e. The first kappa shape index (κ1) is 12.9. The molecule has 3 rings (SSSR count). The minimum atomic E-state index is 0.0669. The first-order chi connectivity index (χ1) is 8.31. The van der Waals surface area contributed by atoms with E-state index in [0.29, 0.717) is 11.5 Å². The third kappa shape index (κ3) is 1.76. The molecule has 0 N–H and O–H groups in total. The highest BCUT2D eigenvalue weighted by Crippen LogP contribution is 2.61. The smallest absolute Gasteiger partial charge is 0.0920 e. The molecule has 0 bridgehead atoms. The maximum absolute atomic E-state index is 5.94. The number of fused-ring (bicyclic) bond motifs is 2. The number of hydrogen-bond acceptors (Lipinski definition) is 2. The summed E-state index contributed by atoms with van der Waals surface area (Å²) in [6.07, 6.45) is 6.69. The third-order valence-electron chi connectivity index (χ3n) is 6.38. The van der Waals surface area contributed by atoms with Gasteiger partial charge in [0.25, 0.3) is 0 Å². The van der Waals surface area contributed by atoms with E-state index in [4.69, 9.17) is 9.47 Å². The zero-order valence-electron chi connectivity index (χ0n) is 12.6. The molecule has 2 heteroatoms. The van der Waals surface area contributed by atoms with Gasteiger partial charge in [-0.05, 0) is 63.2 Å². The maximum Gasteiger partial charge on any atom is 0.0920 e. The van der Waals surface area contributed by atoms with E-state index in [1.165, 1.54) is 25.7 Å². The lowest BCUT2D eigenvalue weighted by Crippen LogP contribution is -2.55. The van der Waals surface area contributed by atoms with Crippen molar-refractivity contribution in [3.8, 4) is 0 Å². The number of rotatable bonds is 1. The van der Waals surface area contributed by atoms with E-state index >= 15 is 0 Å². The van der Waals surface area contributed by atoms with Gasteiger partial charge in [0.05, 0.1) is 17.3 Å². The van der Waals surface area contributed by atoms with Gasteiger partial charge in [-0.15, -0.1) is 0 Å². The maximum atomic E-state index is 5.94. The van der Waals surface area contributed by atoms with Crippen molar-refractivity contribution in [2.75, 3.05) is 7.11 Å². The second-order valence-corrected chi connectivity index (χ2v) is 7.92. The molecule has 0 aromatic carbocycles. The lowest BCUT2D eigenvalue weighted by Gasteiger charge is -2.58. The quantitative estimate of drug-likeness (QED) is 0.662. The summed E-state index contributed by atoms with van der Waals surface area (Å²) in [6, 6.07) is 0. The molecule has 2 aliphatic carbocycles. The molecule has 5 atom stereocenters. The Morgan fingerprint density at radius 1 is 1.00 bits per heavy atom. The molecule has 2 saturated carbocycles. The van der Waals surface area contributed by atoms with E-state index in [2.05, 4.69) is 27.7 Å². The number of epoxide rings is 1. The van der Waals surface area contributed by atoms with Gasteiger partial charge < -0.3 is 9.47 Å². The summed E-state index contributed by atoms with van der Waals surface area (Å²) in [5, 5.41) is 0. The molecule has 104 valence electrons. The topological polar surface area (TPSA) is 21.8 Å². The predicted molar refractivity (Wildman–Crippen MR) is 72.5 cm³/mol. The molecule has 3 fully saturated rings. The van der Waals surface area contributed by atoms with Crippen LogP contribution < -0.4 is 0 Å². The number of hydrogen-bond donors (Lipinski definition) is 0. The molecule has 3 aliphatic rings. The minimum absolute atomic E-state index is 0.0669. The standard InChI is InChI=1S/C16H28O2/c1-14(2)10-12-11(14)6-8-16(4)13(18-16)7-9-15(12,3)17-5/h11-13H,6-10H2,1-5H3/t11-,12-,13-,15+,16+/m0/s1. The summed E-state index contributed by atoms with van der Waals surface area (Å²) in [4.78, 5) is 0. The van der Waals surface area contributed by atoms with Gasteiger partial charge >= 0.3 is 0 Å². The summed E-state index contributed by atoms with van der Waals surface area (Å²) in [5.41, 5.74) is 0.752. The van der Waals surface area contributed by atoms with E-state index in [-0.39, 0.29) is 11.2 Å². The van der Waals surface area contributed by atoms with Gasteiger partial charge in [0, 0.05) is 7.11 Å². The summed E-state index contributed by atoms with van der Waals surface area (Å²) in [7, 11) is 1.90. The molecule has 0 aromatic heterocycles. The number of ether oxygens (including phenoxy) is 2. The highest BCUT2D eigenvalue weighted by molar-refractivity contribution is 5.09. The van der Waals surface area contributed by atoms with Crippen LogP contribution in [0.5, 0.6) is 0 Å². The molecule has 18 heavy (non-hydrogen) atoms. The van der Waals surface area contributed by atoms with Gasteiger partial charge in [-0.25, -0.2) is 0 Å². The lowest BCUT2D eigenvalue weighted by atomic mass is 9.49. The number of methoxy groups -OCH3 is 1. The highest BCUT2D eigenvalue weighted by Gasteiger charge is 2.59. The van der Waals surface area contributed by atoms with Crippen LogP contribution in [0, 0.1) is 17.3 Å². The fourth-order valence-electron chi connectivity index (χ4n) is 4.65. The van der Waals surface area contributed by atoms with Crippen LogP contribution in [0.15, 0.2) is 0 Å². The Hall–Kier alpha value is -0.0800. The van der Waals surface area contributed by atoms with Gasteiger partial charge in [-0.2, -0.15) is 0 Å². The van der Waals surface area contributed by atoms with Crippen molar-refractivity contribution in [3.63, 3.8) is 0 Å². The predicted octanol–water partition coefficient (Wildman–Crippen LogP) is 3.79. The Labute approximate surface area is 111 Å². The van der Waals surface area contributed by atoms with Crippen LogP contribution in [-0.4, -0.2) is 24.4 Å². The monoisotopic (exact) mass is 252 g/mol. The Balaban J connectivity index is 1.83. The van der Waals surface area contributed by atoms with E-state index in [1.54, 1.807) is 0 Å². The zero-order valence-corrected chi connectivity index (χ0v) is 12.6. The normalized spacial score (nSPS) is 54.2. The van der Waals surface area contributed by atoms with Crippen molar-refractivity contribution in [2.45, 2.75) is 77.1 Å². The first-order valence-corrected chi connectivity index (χ1v) is 7.54. The van der Waals surface area contributed by atoms with Crippen molar-refractivity contribution in [3.05, 3.63) is 0 Å². The van der Waals surface area contributed by atoms with E-state index in [1.807, 2.05) is 7.11 Å². The molecule has 0 aromatic rings. The molecule has 2 nitrogen and oxygen atoms in total. The van der Waals surface area contributed by atoms with E-state index in [0.717, 1.165) is 18.3 Å². The van der Waals surface area contributed by atoms with Gasteiger partial charge in [0.2, 0.25) is 0 Å². The van der Waals surface area contributed by atoms with Gasteiger partial charge in [0.15, 0.2) is 0 Å². The average Bonchev–Trinajstić information content (AvgIpc) is 2.94. The van der Waals surface area contributed by atoms with Crippen LogP contribution in [0.3, 0.4) is 0 Å². The molecular weight excluding hydrogens is 224 g/mol. The molecule has 1 aliphatic heterocycles. The molecule has 0 unspecified atom stereocenters. The Morgan fingerprint density at radius 2 is 1.72 bits per heavy atom. The largest absolute Gasteiger partial charge is 0.378 e. The van der Waals surface area contributed by atoms with Crippen molar-refractivity contribution in [1.29, 1.82) is 0 Å². The summed E-state index contributed by atoms with van der Waals surface area (Å²) < 4.78 is 11.9. The summed E-state index contributed by atoms with van der Waals surface area (Å²) >= 11 is 0. The Morgan fingerprint density at radius 3 is 2.33 bits per heavy atom. The van der Waals surface area contributed by atoms with Gasteiger partial charge in [-0.1, -0.05) is 13.8 Å². The van der Waals surface area contributed by atoms with Crippen molar-refractivity contribution < 1.29 is 9.47 Å². The van der Waals surface area contributed by atoms with Crippen LogP contribution in [0.25, 0.3) is 0 Å². The highest BCUT2D eigenvalue weighted by atomic mass is 16.6. The molecule has 1 heterocycles. The second kappa shape index (κ2) is 3.73. The molecule has 1 saturated heterocycles. The van der Waals surface area contributed by atoms with Crippen LogP contribution in [-0.2, 0) is 9.47 Å².